The van der Waals surface area contributed by atoms with Crippen molar-refractivity contribution >= 4 is 21.9 Å². The predicted octanol–water partition coefficient (Wildman–Crippen LogP) is 10.2. The van der Waals surface area contributed by atoms with Crippen LogP contribution in [0.15, 0.2) is 115 Å². The SMILES string of the molecule is Cc1cc2cccnc2c(-c2cccc(-c3cccc4c3nc(-c3ccccc3O)n4-c3ccc(C(C)(C)C)cc3)c2)c1C. The Hall–Kier alpha value is -5.22. The zero-order valence-electron chi connectivity index (χ0n) is 25.8. The van der Waals surface area contributed by atoms with Gasteiger partial charge in [0.15, 0.2) is 0 Å². The molecule has 0 spiro atoms. The minimum atomic E-state index is 0.0464. The van der Waals surface area contributed by atoms with Crippen LogP contribution in [0.5, 0.6) is 5.75 Å². The third-order valence-corrected chi connectivity index (χ3v) is 8.70. The third-order valence-electron chi connectivity index (χ3n) is 8.70. The highest BCUT2D eigenvalue weighted by Crippen LogP contribution is 2.39. The molecule has 4 nitrogen and oxygen atoms in total. The van der Waals surface area contributed by atoms with Gasteiger partial charge in [0.25, 0.3) is 0 Å². The summed E-state index contributed by atoms with van der Waals surface area (Å²) in [6.07, 6.45) is 1.87. The number of hydrogen-bond donors (Lipinski definition) is 1. The highest BCUT2D eigenvalue weighted by atomic mass is 16.3. The third kappa shape index (κ3) is 4.64. The van der Waals surface area contributed by atoms with E-state index in [1.54, 1.807) is 6.07 Å². The van der Waals surface area contributed by atoms with E-state index in [0.29, 0.717) is 11.4 Å². The van der Waals surface area contributed by atoms with Gasteiger partial charge in [0.2, 0.25) is 0 Å². The van der Waals surface area contributed by atoms with Crippen LogP contribution in [-0.2, 0) is 5.41 Å². The molecule has 0 aliphatic rings. The molecule has 44 heavy (non-hydrogen) atoms. The van der Waals surface area contributed by atoms with Gasteiger partial charge < -0.3 is 5.11 Å². The summed E-state index contributed by atoms with van der Waals surface area (Å²) in [5, 5.41) is 12.1. The van der Waals surface area contributed by atoms with E-state index in [4.69, 9.17) is 9.97 Å². The lowest BCUT2D eigenvalue weighted by Crippen LogP contribution is -2.11. The van der Waals surface area contributed by atoms with Crippen molar-refractivity contribution in [2.75, 3.05) is 0 Å². The minimum Gasteiger partial charge on any atom is -0.507 e. The summed E-state index contributed by atoms with van der Waals surface area (Å²) in [5.41, 5.74) is 12.8. The molecule has 5 aromatic carbocycles. The van der Waals surface area contributed by atoms with Crippen LogP contribution in [0.3, 0.4) is 0 Å². The zero-order valence-corrected chi connectivity index (χ0v) is 25.8. The maximum absolute atomic E-state index is 10.9. The van der Waals surface area contributed by atoms with E-state index < -0.39 is 0 Å². The van der Waals surface area contributed by atoms with Crippen LogP contribution in [0.4, 0.5) is 0 Å². The van der Waals surface area contributed by atoms with Crippen molar-refractivity contribution in [1.82, 2.24) is 14.5 Å². The van der Waals surface area contributed by atoms with E-state index in [1.165, 1.54) is 16.7 Å². The first kappa shape index (κ1) is 27.6. The molecule has 7 aromatic rings. The summed E-state index contributed by atoms with van der Waals surface area (Å²) < 4.78 is 2.16. The highest BCUT2D eigenvalue weighted by molar-refractivity contribution is 5.99. The number of aromatic nitrogens is 3. The fourth-order valence-corrected chi connectivity index (χ4v) is 6.20. The second kappa shape index (κ2) is 10.5. The van der Waals surface area contributed by atoms with Crippen molar-refractivity contribution < 1.29 is 5.11 Å². The summed E-state index contributed by atoms with van der Waals surface area (Å²) in [6.45, 7) is 11.0. The molecule has 0 aliphatic carbocycles. The van der Waals surface area contributed by atoms with E-state index in [2.05, 4.69) is 118 Å². The number of fused-ring (bicyclic) bond motifs is 2. The number of benzene rings is 5. The number of phenols is 1. The molecule has 0 saturated heterocycles. The lowest BCUT2D eigenvalue weighted by molar-refractivity contribution is 0.477. The molecular formula is C40H35N3O. The largest absolute Gasteiger partial charge is 0.507 e. The Bertz CT molecular complexity index is 2180. The average Bonchev–Trinajstić information content (AvgIpc) is 3.41. The Kier molecular flexibility index (Phi) is 6.58. The molecule has 2 aromatic heterocycles. The monoisotopic (exact) mass is 573 g/mol. The Morgan fingerprint density at radius 1 is 0.682 bits per heavy atom. The van der Waals surface area contributed by atoms with Crippen LogP contribution >= 0.6 is 0 Å². The van der Waals surface area contributed by atoms with Gasteiger partial charge in [0.05, 0.1) is 22.1 Å². The summed E-state index contributed by atoms with van der Waals surface area (Å²) in [4.78, 5) is 10.0. The van der Waals surface area contributed by atoms with Crippen LogP contribution in [0.25, 0.3) is 61.3 Å². The first-order chi connectivity index (χ1) is 21.2. The quantitative estimate of drug-likeness (QED) is 0.228. The Labute approximate surface area is 258 Å². The maximum atomic E-state index is 10.9. The van der Waals surface area contributed by atoms with Crippen molar-refractivity contribution in [2.24, 2.45) is 0 Å². The molecule has 216 valence electrons. The molecule has 4 heteroatoms. The second-order valence-electron chi connectivity index (χ2n) is 12.6. The summed E-state index contributed by atoms with van der Waals surface area (Å²) >= 11 is 0. The van der Waals surface area contributed by atoms with E-state index in [9.17, 15) is 5.11 Å². The summed E-state index contributed by atoms with van der Waals surface area (Å²) in [6, 6.07) is 37.5. The summed E-state index contributed by atoms with van der Waals surface area (Å²) in [5.74, 6) is 0.906. The van der Waals surface area contributed by atoms with Crippen molar-refractivity contribution in [3.63, 3.8) is 0 Å². The van der Waals surface area contributed by atoms with Gasteiger partial charge in [-0.2, -0.15) is 0 Å². The fraction of sp³-hybridized carbons (Fsp3) is 0.150. The second-order valence-corrected chi connectivity index (χ2v) is 12.6. The van der Waals surface area contributed by atoms with E-state index in [1.807, 2.05) is 30.5 Å². The first-order valence-electron chi connectivity index (χ1n) is 15.1. The fourth-order valence-electron chi connectivity index (χ4n) is 6.20. The van der Waals surface area contributed by atoms with Gasteiger partial charge in [0, 0.05) is 28.4 Å². The number of phenolic OH excluding ortho intramolecular Hbond substituents is 1. The molecule has 0 amide bonds. The number of imidazole rings is 1. The van der Waals surface area contributed by atoms with Gasteiger partial charge in [-0.3, -0.25) is 9.55 Å². The lowest BCUT2D eigenvalue weighted by atomic mass is 9.87. The molecule has 0 saturated carbocycles. The number of nitrogens with zero attached hydrogens (tertiary/aromatic N) is 3. The van der Waals surface area contributed by atoms with Gasteiger partial charge in [-0.15, -0.1) is 0 Å². The summed E-state index contributed by atoms with van der Waals surface area (Å²) in [7, 11) is 0. The van der Waals surface area contributed by atoms with Crippen molar-refractivity contribution in [2.45, 2.75) is 40.0 Å². The zero-order chi connectivity index (χ0) is 30.6. The van der Waals surface area contributed by atoms with Crippen LogP contribution in [0.1, 0.15) is 37.5 Å². The Morgan fingerprint density at radius 3 is 2.18 bits per heavy atom. The number of rotatable bonds is 4. The van der Waals surface area contributed by atoms with Crippen molar-refractivity contribution in [1.29, 1.82) is 0 Å². The number of para-hydroxylation sites is 2. The molecule has 0 bridgehead atoms. The lowest BCUT2D eigenvalue weighted by Gasteiger charge is -2.19. The molecule has 0 fully saturated rings. The number of aryl methyl sites for hydroxylation is 1. The van der Waals surface area contributed by atoms with Crippen LogP contribution in [0, 0.1) is 13.8 Å². The Morgan fingerprint density at radius 2 is 1.41 bits per heavy atom. The molecule has 0 unspecified atom stereocenters. The molecule has 1 N–H and O–H groups in total. The molecule has 0 radical (unpaired) electrons. The van der Waals surface area contributed by atoms with Crippen molar-refractivity contribution in [3.8, 4) is 45.1 Å². The van der Waals surface area contributed by atoms with Gasteiger partial charge in [-0.1, -0.05) is 81.4 Å². The molecule has 0 atom stereocenters. The van der Waals surface area contributed by atoms with Crippen LogP contribution in [0.2, 0.25) is 0 Å². The van der Waals surface area contributed by atoms with E-state index in [-0.39, 0.29) is 11.2 Å². The first-order valence-corrected chi connectivity index (χ1v) is 15.1. The molecule has 2 heterocycles. The van der Waals surface area contributed by atoms with Crippen LogP contribution < -0.4 is 0 Å². The average molecular weight is 574 g/mol. The molecule has 7 rings (SSSR count). The number of hydrogen-bond acceptors (Lipinski definition) is 3. The molecular weight excluding hydrogens is 538 g/mol. The maximum Gasteiger partial charge on any atom is 0.149 e. The topological polar surface area (TPSA) is 50.9 Å². The van der Waals surface area contributed by atoms with Crippen molar-refractivity contribution in [3.05, 3.63) is 132 Å². The highest BCUT2D eigenvalue weighted by Gasteiger charge is 2.21. The minimum absolute atomic E-state index is 0.0464. The van der Waals surface area contributed by atoms with Gasteiger partial charge in [0.1, 0.15) is 11.6 Å². The van der Waals surface area contributed by atoms with E-state index >= 15 is 0 Å². The van der Waals surface area contributed by atoms with E-state index in [0.717, 1.165) is 49.9 Å². The number of aromatic hydroxyl groups is 1. The smallest absolute Gasteiger partial charge is 0.149 e. The van der Waals surface area contributed by atoms with Gasteiger partial charge in [-0.25, -0.2) is 4.98 Å². The standard InChI is InChI=1S/C40H35N3O/c1-25-23-29-13-10-22-41-37(29)36(26(25)2)28-12-8-11-27(24-28)32-15-9-16-34-38(32)42-39(33-14-6-7-17-35(33)44)43(34)31-20-18-30(19-21-31)40(3,4)5/h6-24,44H,1-5H3. The van der Waals surface area contributed by atoms with Gasteiger partial charge in [-0.05, 0) is 95.6 Å². The predicted molar refractivity (Wildman–Crippen MR) is 183 cm³/mol. The molecule has 0 aliphatic heterocycles. The Balaban J connectivity index is 1.46. The normalized spacial score (nSPS) is 11.8. The van der Waals surface area contributed by atoms with Crippen LogP contribution in [-0.4, -0.2) is 19.6 Å². The van der Waals surface area contributed by atoms with Gasteiger partial charge >= 0.3 is 0 Å². The number of pyridine rings is 1.